The van der Waals surface area contributed by atoms with Crippen molar-refractivity contribution >= 4 is 11.9 Å². The lowest BCUT2D eigenvalue weighted by Gasteiger charge is -2.11. The van der Waals surface area contributed by atoms with Gasteiger partial charge in [0.2, 0.25) is 0 Å². The van der Waals surface area contributed by atoms with Crippen LogP contribution in [0.4, 0.5) is 0 Å². The molecule has 2 aromatic rings. The van der Waals surface area contributed by atoms with Crippen LogP contribution >= 0.6 is 0 Å². The van der Waals surface area contributed by atoms with Gasteiger partial charge in [0, 0.05) is 11.1 Å². The lowest BCUT2D eigenvalue weighted by molar-refractivity contribution is 0.104. The molecule has 4 heteroatoms. The van der Waals surface area contributed by atoms with Crippen molar-refractivity contribution in [2.45, 2.75) is 40.0 Å². The first-order chi connectivity index (χ1) is 13.7. The zero-order chi connectivity index (χ0) is 20.2. The van der Waals surface area contributed by atoms with Gasteiger partial charge in [-0.2, -0.15) is 0 Å². The third-order valence-corrected chi connectivity index (χ3v) is 3.92. The van der Waals surface area contributed by atoms with Gasteiger partial charge >= 0.3 is 0 Å². The fourth-order valence-electron chi connectivity index (χ4n) is 2.53. The molecule has 0 aromatic heterocycles. The first-order valence-corrected chi connectivity index (χ1v) is 10.0. The van der Waals surface area contributed by atoms with Gasteiger partial charge in [-0.05, 0) is 61.7 Å². The van der Waals surface area contributed by atoms with Crippen molar-refractivity contribution in [3.8, 4) is 17.2 Å². The molecule has 0 aliphatic rings. The molecule has 0 saturated carbocycles. The largest absolute Gasteiger partial charge is 0.494 e. The van der Waals surface area contributed by atoms with Gasteiger partial charge in [0.15, 0.2) is 5.78 Å². The number of hydrogen-bond donors (Lipinski definition) is 0. The molecule has 0 fully saturated rings. The van der Waals surface area contributed by atoms with E-state index in [1.807, 2.05) is 37.3 Å². The number of carbonyl (C=O) groups excluding carboxylic acids is 1. The standard InChI is InChI=1S/C24H30O4/c1-4-14-26-21-9-7-8-19(17-21)23(25)12-10-20-18-22(27-15-5-2)11-13-24(20)28-16-6-3/h7-13,17-18H,4-6,14-16H2,1-3H3/b12-10+. The predicted octanol–water partition coefficient (Wildman–Crippen LogP) is 5.95. The summed E-state index contributed by atoms with van der Waals surface area (Å²) >= 11 is 0. The van der Waals surface area contributed by atoms with Crippen molar-refractivity contribution in [3.63, 3.8) is 0 Å². The van der Waals surface area contributed by atoms with Crippen LogP contribution in [-0.4, -0.2) is 25.6 Å². The molecular weight excluding hydrogens is 352 g/mol. The molecule has 0 heterocycles. The van der Waals surface area contributed by atoms with E-state index in [4.69, 9.17) is 14.2 Å². The fraction of sp³-hybridized carbons (Fsp3) is 0.375. The first-order valence-electron chi connectivity index (χ1n) is 10.0. The summed E-state index contributed by atoms with van der Waals surface area (Å²) < 4.78 is 17.1. The van der Waals surface area contributed by atoms with Gasteiger partial charge in [0.1, 0.15) is 17.2 Å². The van der Waals surface area contributed by atoms with Crippen molar-refractivity contribution in [2.24, 2.45) is 0 Å². The third-order valence-electron chi connectivity index (χ3n) is 3.92. The number of allylic oxidation sites excluding steroid dienone is 1. The molecule has 2 rings (SSSR count). The summed E-state index contributed by atoms with van der Waals surface area (Å²) in [6.07, 6.45) is 6.13. The van der Waals surface area contributed by atoms with Gasteiger partial charge in [-0.25, -0.2) is 0 Å². The predicted molar refractivity (Wildman–Crippen MR) is 114 cm³/mol. The normalized spacial score (nSPS) is 10.8. The van der Waals surface area contributed by atoms with Crippen molar-refractivity contribution in [3.05, 3.63) is 59.7 Å². The van der Waals surface area contributed by atoms with E-state index in [0.717, 1.165) is 36.3 Å². The van der Waals surface area contributed by atoms with E-state index in [9.17, 15) is 4.79 Å². The molecule has 0 aliphatic heterocycles. The summed E-state index contributed by atoms with van der Waals surface area (Å²) in [5.74, 6) is 2.15. The lowest BCUT2D eigenvalue weighted by Crippen LogP contribution is -2.00. The van der Waals surface area contributed by atoms with E-state index in [0.29, 0.717) is 31.1 Å². The second kappa shape index (κ2) is 11.9. The molecule has 0 amide bonds. The topological polar surface area (TPSA) is 44.8 Å². The molecule has 0 bridgehead atoms. The van der Waals surface area contributed by atoms with Crippen LogP contribution in [-0.2, 0) is 0 Å². The van der Waals surface area contributed by atoms with Crippen LogP contribution in [0.5, 0.6) is 17.2 Å². The molecular formula is C24H30O4. The van der Waals surface area contributed by atoms with Crippen LogP contribution in [0.2, 0.25) is 0 Å². The number of ether oxygens (including phenoxy) is 3. The van der Waals surface area contributed by atoms with Crippen LogP contribution in [0.3, 0.4) is 0 Å². The summed E-state index contributed by atoms with van der Waals surface area (Å²) in [5, 5.41) is 0. The Kier molecular flexibility index (Phi) is 9.13. The van der Waals surface area contributed by atoms with Crippen LogP contribution in [0.1, 0.15) is 56.0 Å². The van der Waals surface area contributed by atoms with Crippen molar-refractivity contribution < 1.29 is 19.0 Å². The van der Waals surface area contributed by atoms with E-state index in [-0.39, 0.29) is 5.78 Å². The molecule has 2 aromatic carbocycles. The molecule has 28 heavy (non-hydrogen) atoms. The second-order valence-electron chi connectivity index (χ2n) is 6.47. The summed E-state index contributed by atoms with van der Waals surface area (Å²) in [6.45, 7) is 8.09. The van der Waals surface area contributed by atoms with Crippen LogP contribution in [0, 0.1) is 0 Å². The molecule has 0 unspecified atom stereocenters. The summed E-state index contributed by atoms with van der Waals surface area (Å²) in [7, 11) is 0. The van der Waals surface area contributed by atoms with Crippen LogP contribution in [0.15, 0.2) is 48.5 Å². The third kappa shape index (κ3) is 6.76. The SMILES string of the molecule is CCCOc1cccc(C(=O)/C=C/c2cc(OCCC)ccc2OCCC)c1. The van der Waals surface area contributed by atoms with Gasteiger partial charge in [0.25, 0.3) is 0 Å². The number of ketones is 1. The van der Waals surface area contributed by atoms with E-state index in [1.165, 1.54) is 0 Å². The number of benzene rings is 2. The molecule has 0 spiro atoms. The minimum Gasteiger partial charge on any atom is -0.494 e. The van der Waals surface area contributed by atoms with Crippen molar-refractivity contribution in [1.29, 1.82) is 0 Å². The van der Waals surface area contributed by atoms with Crippen LogP contribution in [0.25, 0.3) is 6.08 Å². The number of hydrogen-bond acceptors (Lipinski definition) is 4. The number of rotatable bonds is 12. The minimum absolute atomic E-state index is 0.0803. The molecule has 0 N–H and O–H groups in total. The monoisotopic (exact) mass is 382 g/mol. The van der Waals surface area contributed by atoms with Crippen molar-refractivity contribution in [1.82, 2.24) is 0 Å². The highest BCUT2D eigenvalue weighted by molar-refractivity contribution is 6.07. The first kappa shape index (κ1) is 21.5. The summed E-state index contributed by atoms with van der Waals surface area (Å²) in [4.78, 5) is 12.6. The molecule has 0 aliphatic carbocycles. The van der Waals surface area contributed by atoms with Gasteiger partial charge in [0.05, 0.1) is 19.8 Å². The van der Waals surface area contributed by atoms with Gasteiger partial charge in [-0.15, -0.1) is 0 Å². The lowest BCUT2D eigenvalue weighted by atomic mass is 10.1. The maximum absolute atomic E-state index is 12.6. The zero-order valence-corrected chi connectivity index (χ0v) is 17.1. The maximum Gasteiger partial charge on any atom is 0.185 e. The maximum atomic E-state index is 12.6. The van der Waals surface area contributed by atoms with E-state index in [1.54, 1.807) is 24.3 Å². The minimum atomic E-state index is -0.0803. The number of carbonyl (C=O) groups is 1. The highest BCUT2D eigenvalue weighted by atomic mass is 16.5. The second-order valence-corrected chi connectivity index (χ2v) is 6.47. The quantitative estimate of drug-likeness (QED) is 0.336. The fourth-order valence-corrected chi connectivity index (χ4v) is 2.53. The van der Waals surface area contributed by atoms with Gasteiger partial charge in [-0.1, -0.05) is 32.9 Å². The zero-order valence-electron chi connectivity index (χ0n) is 17.1. The van der Waals surface area contributed by atoms with Gasteiger partial charge in [-0.3, -0.25) is 4.79 Å². The highest BCUT2D eigenvalue weighted by Gasteiger charge is 2.07. The molecule has 0 saturated heterocycles. The Morgan fingerprint density at radius 2 is 1.46 bits per heavy atom. The molecule has 150 valence electrons. The Morgan fingerprint density at radius 3 is 2.14 bits per heavy atom. The summed E-state index contributed by atoms with van der Waals surface area (Å²) in [5.41, 5.74) is 1.42. The van der Waals surface area contributed by atoms with Crippen LogP contribution < -0.4 is 14.2 Å². The highest BCUT2D eigenvalue weighted by Crippen LogP contribution is 2.26. The van der Waals surface area contributed by atoms with E-state index < -0.39 is 0 Å². The molecule has 4 nitrogen and oxygen atoms in total. The van der Waals surface area contributed by atoms with Crippen molar-refractivity contribution in [2.75, 3.05) is 19.8 Å². The Balaban J connectivity index is 2.19. The molecule has 0 atom stereocenters. The Morgan fingerprint density at radius 1 is 0.821 bits per heavy atom. The van der Waals surface area contributed by atoms with Gasteiger partial charge < -0.3 is 14.2 Å². The average Bonchev–Trinajstić information content (AvgIpc) is 2.73. The van der Waals surface area contributed by atoms with E-state index >= 15 is 0 Å². The average molecular weight is 383 g/mol. The summed E-state index contributed by atoms with van der Waals surface area (Å²) in [6, 6.07) is 13.0. The van der Waals surface area contributed by atoms with E-state index in [2.05, 4.69) is 13.8 Å². The Bertz CT molecular complexity index is 780. The Labute approximate surface area is 168 Å². The molecule has 0 radical (unpaired) electrons. The Hall–Kier alpha value is -2.75. The smallest absolute Gasteiger partial charge is 0.185 e.